The third-order valence-corrected chi connectivity index (χ3v) is 1.35. The highest BCUT2D eigenvalue weighted by molar-refractivity contribution is 5.64. The van der Waals surface area contributed by atoms with Gasteiger partial charge < -0.3 is 40.9 Å². The van der Waals surface area contributed by atoms with Crippen LogP contribution in [0.15, 0.2) is 0 Å². The summed E-state index contributed by atoms with van der Waals surface area (Å²) in [6, 6.07) is 0. The lowest BCUT2D eigenvalue weighted by atomic mass is 10.1. The second-order valence-electron chi connectivity index (χ2n) is 6.42. The van der Waals surface area contributed by atoms with Crippen LogP contribution in [0.3, 0.4) is 0 Å². The van der Waals surface area contributed by atoms with Crippen molar-refractivity contribution in [1.29, 1.82) is 0 Å². The normalized spacial score (nSPS) is 6.95. The minimum atomic E-state index is -0.833. The molecule has 40 heavy (non-hydrogen) atoms. The van der Waals surface area contributed by atoms with E-state index in [2.05, 4.69) is 13.8 Å². The Labute approximate surface area is 235 Å². The third kappa shape index (κ3) is 62700. The molecule has 1 radical (unpaired) electrons. The quantitative estimate of drug-likeness (QED) is 0.209. The molecular formula is C24H49O16. The summed E-state index contributed by atoms with van der Waals surface area (Å²) in [6.07, 6.45) is 7.98. The maximum absolute atomic E-state index is 9.00. The van der Waals surface area contributed by atoms with Crippen LogP contribution in [0.2, 0.25) is 0 Å². The van der Waals surface area contributed by atoms with E-state index in [-0.39, 0.29) is 0 Å². The molecule has 16 heteroatoms. The van der Waals surface area contributed by atoms with Crippen molar-refractivity contribution in [2.24, 2.45) is 0 Å². The van der Waals surface area contributed by atoms with Crippen molar-refractivity contribution in [2.45, 2.75) is 101 Å². The largest absolute Gasteiger partial charge is 0.481 e. The van der Waals surface area contributed by atoms with Crippen LogP contribution in [-0.4, -0.2) is 88.6 Å². The predicted molar refractivity (Wildman–Crippen MR) is 145 cm³/mol. The number of carboxylic acids is 8. The fraction of sp³-hybridized carbons (Fsp3) is 0.625. The van der Waals surface area contributed by atoms with Gasteiger partial charge in [0.25, 0.3) is 47.8 Å². The van der Waals surface area contributed by atoms with E-state index in [1.165, 1.54) is 32.1 Å². The minimum Gasteiger partial charge on any atom is -0.481 e. The van der Waals surface area contributed by atoms with Gasteiger partial charge in [-0.15, -0.1) is 0 Å². The van der Waals surface area contributed by atoms with Gasteiger partial charge in [0.05, 0.1) is 0 Å². The molecule has 0 aliphatic carbocycles. The van der Waals surface area contributed by atoms with Crippen LogP contribution < -0.4 is 0 Å². The van der Waals surface area contributed by atoms with E-state index >= 15 is 0 Å². The Hall–Kier alpha value is -4.24. The zero-order valence-electron chi connectivity index (χ0n) is 24.8. The molecule has 0 aliphatic heterocycles. The molecule has 8 N–H and O–H groups in total. The molecule has 0 bridgehead atoms. The second-order valence-corrected chi connectivity index (χ2v) is 6.42. The van der Waals surface area contributed by atoms with Crippen LogP contribution in [0, 0.1) is 6.92 Å². The lowest BCUT2D eigenvalue weighted by molar-refractivity contribution is -0.135. The Morgan fingerprint density at radius 2 is 0.500 bits per heavy atom. The number of hydrogen-bond donors (Lipinski definition) is 8. The molecule has 0 aliphatic rings. The first-order valence-electron chi connectivity index (χ1n) is 11.1. The smallest absolute Gasteiger partial charge is 0.300 e. The van der Waals surface area contributed by atoms with Gasteiger partial charge in [-0.05, 0) is 0 Å². The fourth-order valence-electron chi connectivity index (χ4n) is 0.780. The highest BCUT2D eigenvalue weighted by Gasteiger charge is 1.83. The molecule has 0 aromatic carbocycles. The molecule has 0 amide bonds. The zero-order chi connectivity index (χ0) is 34.9. The number of carboxylic acid groups (broad SMARTS) is 8. The van der Waals surface area contributed by atoms with Crippen LogP contribution in [0.25, 0.3) is 0 Å². The summed E-state index contributed by atoms with van der Waals surface area (Å²) < 4.78 is 0. The highest BCUT2D eigenvalue weighted by atomic mass is 16.4. The summed E-state index contributed by atoms with van der Waals surface area (Å²) >= 11 is 0. The molecule has 0 rings (SSSR count). The van der Waals surface area contributed by atoms with E-state index in [0.717, 1.165) is 61.8 Å². The molecule has 0 atom stereocenters. The van der Waals surface area contributed by atoms with Crippen molar-refractivity contribution in [3.8, 4) is 0 Å². The first kappa shape index (κ1) is 60.3. The van der Waals surface area contributed by atoms with Crippen LogP contribution >= 0.6 is 0 Å². The summed E-state index contributed by atoms with van der Waals surface area (Å²) in [5.41, 5.74) is 0. The van der Waals surface area contributed by atoms with E-state index < -0.39 is 47.8 Å². The van der Waals surface area contributed by atoms with Gasteiger partial charge in [0.15, 0.2) is 0 Å². The average molecular weight is 594 g/mol. The molecule has 16 nitrogen and oxygen atoms in total. The molecular weight excluding hydrogens is 544 g/mol. The Bertz CT molecular complexity index is 446. The number of rotatable bonds is 5. The van der Waals surface area contributed by atoms with E-state index in [1.54, 1.807) is 0 Å². The SMILES string of the molecule is CC(=O)O.CC(=O)O.CC(=O)O.CC(=O)O.CC(=O)O.CC(=O)O.CC(=O)O.CC(=O)O.[CH2]CCCCCCC. The fourth-order valence-corrected chi connectivity index (χ4v) is 0.780. The van der Waals surface area contributed by atoms with Crippen LogP contribution in [0.5, 0.6) is 0 Å². The van der Waals surface area contributed by atoms with Gasteiger partial charge in [0.1, 0.15) is 0 Å². The van der Waals surface area contributed by atoms with Gasteiger partial charge in [0, 0.05) is 55.4 Å². The molecule has 0 spiro atoms. The summed E-state index contributed by atoms with van der Waals surface area (Å²) in [7, 11) is 0. The molecule has 0 aromatic rings. The standard InChI is InChI=1S/C8H17.8C2H4O2/c1-3-5-7-8-6-4-2;8*1-2(3)4/h1,3-8H2,2H3;8*1H3,(H,3,4). The molecule has 0 aromatic heterocycles. The molecule has 241 valence electrons. The van der Waals surface area contributed by atoms with Crippen molar-refractivity contribution in [1.82, 2.24) is 0 Å². The second kappa shape index (κ2) is 59.7. The van der Waals surface area contributed by atoms with Crippen LogP contribution in [-0.2, 0) is 38.4 Å². The summed E-state index contributed by atoms with van der Waals surface area (Å²) in [5.74, 6) is -6.67. The summed E-state index contributed by atoms with van der Waals surface area (Å²) in [5, 5.41) is 59.3. The number of hydrogen-bond acceptors (Lipinski definition) is 8. The van der Waals surface area contributed by atoms with Gasteiger partial charge >= 0.3 is 0 Å². The Balaban J connectivity index is -0.0000000392. The van der Waals surface area contributed by atoms with Gasteiger partial charge in [-0.25, -0.2) is 0 Å². The molecule has 0 fully saturated rings. The van der Waals surface area contributed by atoms with Gasteiger partial charge in [-0.3, -0.25) is 38.4 Å². The predicted octanol–water partition coefficient (Wildman–Crippen LogP) is 3.91. The average Bonchev–Trinajstić information content (AvgIpc) is 2.61. The van der Waals surface area contributed by atoms with Crippen molar-refractivity contribution in [3.63, 3.8) is 0 Å². The first-order valence-corrected chi connectivity index (χ1v) is 11.1. The monoisotopic (exact) mass is 593 g/mol. The van der Waals surface area contributed by atoms with Gasteiger partial charge in [-0.1, -0.05) is 52.4 Å². The van der Waals surface area contributed by atoms with Crippen molar-refractivity contribution >= 4 is 47.8 Å². The lowest BCUT2D eigenvalue weighted by Gasteiger charge is -1.93. The van der Waals surface area contributed by atoms with Crippen molar-refractivity contribution < 1.29 is 79.2 Å². The summed E-state index contributed by atoms with van der Waals surface area (Å²) in [6.45, 7) is 14.7. The van der Waals surface area contributed by atoms with Crippen LogP contribution in [0.1, 0.15) is 101 Å². The van der Waals surface area contributed by atoms with E-state index in [1.807, 2.05) is 0 Å². The lowest BCUT2D eigenvalue weighted by Crippen LogP contribution is -1.78. The van der Waals surface area contributed by atoms with E-state index in [4.69, 9.17) is 79.2 Å². The zero-order valence-corrected chi connectivity index (χ0v) is 24.8. The maximum Gasteiger partial charge on any atom is 0.300 e. The van der Waals surface area contributed by atoms with E-state index in [9.17, 15) is 0 Å². The maximum atomic E-state index is 9.00. The number of unbranched alkanes of at least 4 members (excludes halogenated alkanes) is 5. The third-order valence-electron chi connectivity index (χ3n) is 1.35. The number of carbonyl (C=O) groups is 8. The number of aliphatic carboxylic acids is 8. The summed E-state index contributed by atoms with van der Waals surface area (Å²) in [4.78, 5) is 72.0. The van der Waals surface area contributed by atoms with Crippen LogP contribution in [0.4, 0.5) is 0 Å². The van der Waals surface area contributed by atoms with Gasteiger partial charge in [0.2, 0.25) is 0 Å². The minimum absolute atomic E-state index is 0.833. The highest BCUT2D eigenvalue weighted by Crippen LogP contribution is 2.03. The Kier molecular flexibility index (Phi) is 90.1. The molecule has 0 unspecified atom stereocenters. The Morgan fingerprint density at radius 1 is 0.375 bits per heavy atom. The molecule has 0 saturated carbocycles. The first-order chi connectivity index (χ1) is 17.8. The van der Waals surface area contributed by atoms with Gasteiger partial charge in [-0.2, -0.15) is 0 Å². The van der Waals surface area contributed by atoms with Crippen molar-refractivity contribution in [2.75, 3.05) is 0 Å². The van der Waals surface area contributed by atoms with Crippen molar-refractivity contribution in [3.05, 3.63) is 6.92 Å². The molecule has 0 saturated heterocycles. The molecule has 0 heterocycles. The Morgan fingerprint density at radius 3 is 0.600 bits per heavy atom. The topological polar surface area (TPSA) is 298 Å². The van der Waals surface area contributed by atoms with E-state index in [0.29, 0.717) is 0 Å².